The molecule has 1 aliphatic heterocycles. The Kier molecular flexibility index (Phi) is 12.0. The van der Waals surface area contributed by atoms with Crippen LogP contribution in [0.25, 0.3) is 0 Å². The minimum atomic E-state index is -0.116. The first-order chi connectivity index (χ1) is 9.39. The molecule has 0 aliphatic carbocycles. The van der Waals surface area contributed by atoms with Crippen LogP contribution in [0.3, 0.4) is 0 Å². The van der Waals surface area contributed by atoms with Gasteiger partial charge in [-0.3, -0.25) is 0 Å². The van der Waals surface area contributed by atoms with Gasteiger partial charge >= 0.3 is 0 Å². The second kappa shape index (κ2) is 13.2. The van der Waals surface area contributed by atoms with Gasteiger partial charge in [0, 0.05) is 0 Å². The van der Waals surface area contributed by atoms with Crippen LogP contribution in [0.2, 0.25) is 0 Å². The molecule has 0 N–H and O–H groups in total. The first-order valence-corrected chi connectivity index (χ1v) is 7.45. The van der Waals surface area contributed by atoms with Crippen LogP contribution in [0, 0.1) is 0 Å². The molecule has 1 heterocycles. The van der Waals surface area contributed by atoms with Crippen LogP contribution in [0.1, 0.15) is 0 Å². The van der Waals surface area contributed by atoms with Crippen molar-refractivity contribution in [3.05, 3.63) is 0 Å². The first-order valence-electron chi connectivity index (χ1n) is 6.54. The highest BCUT2D eigenvalue weighted by Crippen LogP contribution is 2.02. The van der Waals surface area contributed by atoms with Crippen LogP contribution in [-0.2, 0) is 28.4 Å². The lowest BCUT2D eigenvalue weighted by Crippen LogP contribution is -2.19. The summed E-state index contributed by atoms with van der Waals surface area (Å²) < 4.78 is 32.2. The van der Waals surface area contributed by atoms with Crippen LogP contribution >= 0.6 is 15.9 Å². The molecule has 1 rings (SSSR count). The zero-order valence-corrected chi connectivity index (χ0v) is 12.8. The summed E-state index contributed by atoms with van der Waals surface area (Å²) in [5.41, 5.74) is 0. The van der Waals surface area contributed by atoms with E-state index in [-0.39, 0.29) is 5.01 Å². The second-order valence-electron chi connectivity index (χ2n) is 3.81. The van der Waals surface area contributed by atoms with Crippen LogP contribution in [-0.4, -0.2) is 77.7 Å². The Morgan fingerprint density at radius 3 is 1.37 bits per heavy atom. The van der Waals surface area contributed by atoms with Gasteiger partial charge in [0.15, 0.2) is 0 Å². The average molecular weight is 343 g/mol. The third kappa shape index (κ3) is 11.7. The predicted octanol–water partition coefficient (Wildman–Crippen LogP) is 0.821. The molecule has 19 heavy (non-hydrogen) atoms. The van der Waals surface area contributed by atoms with Crippen molar-refractivity contribution in [1.29, 1.82) is 0 Å². The van der Waals surface area contributed by atoms with E-state index in [0.29, 0.717) is 72.7 Å². The van der Waals surface area contributed by atoms with E-state index >= 15 is 0 Å². The second-order valence-corrected chi connectivity index (χ2v) is 4.83. The van der Waals surface area contributed by atoms with Gasteiger partial charge in [0.05, 0.1) is 72.7 Å². The van der Waals surface area contributed by atoms with Crippen LogP contribution < -0.4 is 0 Å². The fourth-order valence-corrected chi connectivity index (χ4v) is 1.71. The first kappa shape index (κ1) is 17.3. The zero-order valence-electron chi connectivity index (χ0n) is 11.2. The van der Waals surface area contributed by atoms with E-state index in [2.05, 4.69) is 15.9 Å². The number of ether oxygens (including phenoxy) is 6. The Morgan fingerprint density at radius 1 is 0.526 bits per heavy atom. The van der Waals surface area contributed by atoms with E-state index in [0.717, 1.165) is 0 Å². The van der Waals surface area contributed by atoms with E-state index in [4.69, 9.17) is 28.4 Å². The van der Waals surface area contributed by atoms with E-state index in [9.17, 15) is 0 Å². The van der Waals surface area contributed by atoms with Crippen LogP contribution in [0.15, 0.2) is 0 Å². The maximum absolute atomic E-state index is 5.45. The molecule has 1 unspecified atom stereocenters. The molecule has 0 bridgehead atoms. The third-order valence-corrected chi connectivity index (χ3v) is 2.79. The molecule has 0 amide bonds. The minimum absolute atomic E-state index is 0.116. The highest BCUT2D eigenvalue weighted by Gasteiger charge is 2.04. The van der Waals surface area contributed by atoms with Crippen molar-refractivity contribution in [2.75, 3.05) is 72.7 Å². The van der Waals surface area contributed by atoms with Crippen LogP contribution in [0.5, 0.6) is 0 Å². The van der Waals surface area contributed by atoms with Crippen molar-refractivity contribution in [2.45, 2.75) is 5.01 Å². The number of halogens is 1. The van der Waals surface area contributed by atoms with Gasteiger partial charge in [-0.15, -0.1) is 0 Å². The molecule has 7 heteroatoms. The number of hydrogen-bond acceptors (Lipinski definition) is 6. The Morgan fingerprint density at radius 2 is 0.895 bits per heavy atom. The molecule has 114 valence electrons. The van der Waals surface area contributed by atoms with E-state index in [1.54, 1.807) is 0 Å². The number of hydrogen-bond donors (Lipinski definition) is 0. The summed E-state index contributed by atoms with van der Waals surface area (Å²) in [7, 11) is 0. The van der Waals surface area contributed by atoms with Gasteiger partial charge in [-0.1, -0.05) is 15.9 Å². The average Bonchev–Trinajstić information content (AvgIpc) is 2.41. The topological polar surface area (TPSA) is 55.4 Å². The molecule has 6 nitrogen and oxygen atoms in total. The molecule has 0 aromatic heterocycles. The van der Waals surface area contributed by atoms with Crippen molar-refractivity contribution in [2.24, 2.45) is 0 Å². The maximum Gasteiger partial charge on any atom is 0.135 e. The summed E-state index contributed by atoms with van der Waals surface area (Å²) in [6, 6.07) is 0. The largest absolute Gasteiger partial charge is 0.377 e. The molecule has 0 aromatic carbocycles. The van der Waals surface area contributed by atoms with Gasteiger partial charge in [-0.05, 0) is 0 Å². The molecule has 0 radical (unpaired) electrons. The predicted molar refractivity (Wildman–Crippen MR) is 72.8 cm³/mol. The van der Waals surface area contributed by atoms with Crippen molar-refractivity contribution >= 4 is 15.9 Å². The molecule has 1 saturated heterocycles. The van der Waals surface area contributed by atoms with Gasteiger partial charge < -0.3 is 28.4 Å². The lowest BCUT2D eigenvalue weighted by Gasteiger charge is -2.13. The zero-order chi connectivity index (χ0) is 13.6. The summed E-state index contributed by atoms with van der Waals surface area (Å²) >= 11 is 3.38. The van der Waals surface area contributed by atoms with Gasteiger partial charge in [-0.2, -0.15) is 0 Å². The smallest absolute Gasteiger partial charge is 0.135 e. The maximum atomic E-state index is 5.45. The Hall–Kier alpha value is 0.240. The Labute approximate surface area is 122 Å². The summed E-state index contributed by atoms with van der Waals surface area (Å²) in [5.74, 6) is 0. The quantitative estimate of drug-likeness (QED) is 0.607. The van der Waals surface area contributed by atoms with Crippen molar-refractivity contribution < 1.29 is 28.4 Å². The van der Waals surface area contributed by atoms with Gasteiger partial charge in [0.25, 0.3) is 0 Å². The summed E-state index contributed by atoms with van der Waals surface area (Å²) in [6.07, 6.45) is 0. The number of rotatable bonds is 0. The monoisotopic (exact) mass is 342 g/mol. The van der Waals surface area contributed by atoms with Gasteiger partial charge in [-0.25, -0.2) is 0 Å². The van der Waals surface area contributed by atoms with Crippen LogP contribution in [0.4, 0.5) is 0 Å². The summed E-state index contributed by atoms with van der Waals surface area (Å²) in [4.78, 5) is 0. The Balaban J connectivity index is 2.08. The highest BCUT2D eigenvalue weighted by atomic mass is 79.9. The highest BCUT2D eigenvalue weighted by molar-refractivity contribution is 9.09. The van der Waals surface area contributed by atoms with Gasteiger partial charge in [0.2, 0.25) is 0 Å². The Bertz CT molecular complexity index is 177. The standard InChI is InChI=1S/C12H23BrO6/c13-12-11-18-8-7-16-4-3-14-1-2-15-5-6-17-9-10-19-12/h12H,1-11H2. The lowest BCUT2D eigenvalue weighted by molar-refractivity contribution is -0.0383. The fraction of sp³-hybridized carbons (Fsp3) is 1.00. The van der Waals surface area contributed by atoms with E-state index < -0.39 is 0 Å². The molecular formula is C12H23BrO6. The SMILES string of the molecule is BrC1COCCOCCOCCOCCOCCO1. The van der Waals surface area contributed by atoms with E-state index in [1.807, 2.05) is 0 Å². The summed E-state index contributed by atoms with van der Waals surface area (Å²) in [5, 5.41) is -0.116. The molecule has 1 aliphatic rings. The molecule has 0 aromatic rings. The molecule has 1 fully saturated rings. The molecule has 1 atom stereocenters. The normalized spacial score (nSPS) is 27.3. The third-order valence-electron chi connectivity index (χ3n) is 2.26. The fourth-order valence-electron chi connectivity index (χ4n) is 1.34. The van der Waals surface area contributed by atoms with Crippen molar-refractivity contribution in [3.8, 4) is 0 Å². The summed E-state index contributed by atoms with van der Waals surface area (Å²) in [6.45, 7) is 6.10. The molecule has 0 saturated carbocycles. The molecule has 0 spiro atoms. The lowest BCUT2D eigenvalue weighted by atomic mass is 10.6. The van der Waals surface area contributed by atoms with Gasteiger partial charge in [0.1, 0.15) is 5.01 Å². The van der Waals surface area contributed by atoms with Crippen molar-refractivity contribution in [1.82, 2.24) is 0 Å². The number of alkyl halides is 1. The van der Waals surface area contributed by atoms with E-state index in [1.165, 1.54) is 0 Å². The van der Waals surface area contributed by atoms with Crippen molar-refractivity contribution in [3.63, 3.8) is 0 Å². The molecular weight excluding hydrogens is 320 g/mol. The minimum Gasteiger partial charge on any atom is -0.377 e.